The molecule has 2 saturated heterocycles. The van der Waals surface area contributed by atoms with Crippen molar-refractivity contribution in [1.29, 1.82) is 0 Å². The van der Waals surface area contributed by atoms with Crippen LogP contribution >= 0.6 is 0 Å². The molecule has 0 aliphatic carbocycles. The van der Waals surface area contributed by atoms with Crippen LogP contribution in [0.3, 0.4) is 0 Å². The summed E-state index contributed by atoms with van der Waals surface area (Å²) in [5.74, 6) is 1.73. The molecule has 0 aromatic heterocycles. The molecule has 2 fully saturated rings. The van der Waals surface area contributed by atoms with E-state index in [0.717, 1.165) is 25.0 Å². The van der Waals surface area contributed by atoms with Gasteiger partial charge in [-0.1, -0.05) is 27.7 Å². The fraction of sp³-hybridized carbons (Fsp3) is 1.00. The first-order valence-corrected chi connectivity index (χ1v) is 6.12. The average molecular weight is 201 g/mol. The summed E-state index contributed by atoms with van der Waals surface area (Å²) in [6.45, 7) is 12.6. The van der Waals surface area contributed by atoms with Crippen molar-refractivity contribution in [2.24, 2.45) is 11.8 Å². The minimum absolute atomic E-state index is 0.846. The minimum Gasteiger partial charge on any atom is -0.381 e. The van der Waals surface area contributed by atoms with E-state index in [9.17, 15) is 0 Å². The molecule has 0 N–H and O–H groups in total. The predicted molar refractivity (Wildman–Crippen MR) is 62.6 cm³/mol. The van der Waals surface area contributed by atoms with E-state index in [4.69, 9.17) is 4.74 Å². The molecule has 0 radical (unpaired) electrons. The van der Waals surface area contributed by atoms with Crippen LogP contribution in [-0.4, -0.2) is 38.3 Å². The average Bonchev–Trinajstić information content (AvgIpc) is 2.71. The number of rotatable bonds is 0. The molecule has 0 amide bonds. The summed E-state index contributed by atoms with van der Waals surface area (Å²) in [5.41, 5.74) is 0. The lowest BCUT2D eigenvalue weighted by atomic mass is 9.89. The Kier molecular flexibility index (Phi) is 8.20. The first-order valence-electron chi connectivity index (χ1n) is 6.12. The van der Waals surface area contributed by atoms with E-state index in [1.807, 2.05) is 27.7 Å². The maximum absolute atomic E-state index is 5.41. The van der Waals surface area contributed by atoms with Crippen LogP contribution < -0.4 is 0 Å². The Labute approximate surface area is 89.6 Å². The summed E-state index contributed by atoms with van der Waals surface area (Å²) in [4.78, 5) is 2.41. The quantitative estimate of drug-likeness (QED) is 0.597. The smallest absolute Gasteiger partial charge is 0.0510 e. The van der Waals surface area contributed by atoms with Crippen LogP contribution in [0.15, 0.2) is 0 Å². The summed E-state index contributed by atoms with van der Waals surface area (Å²) in [7, 11) is 2.20. The number of hydrogen-bond acceptors (Lipinski definition) is 2. The van der Waals surface area contributed by atoms with Crippen molar-refractivity contribution in [2.75, 3.05) is 33.4 Å². The summed E-state index contributed by atoms with van der Waals surface area (Å²) < 4.78 is 5.41. The fourth-order valence-corrected chi connectivity index (χ4v) is 2.04. The van der Waals surface area contributed by atoms with E-state index in [-0.39, 0.29) is 0 Å². The van der Waals surface area contributed by atoms with Gasteiger partial charge in [0.2, 0.25) is 0 Å². The predicted octanol–water partition coefficient (Wildman–Crippen LogP) is 2.64. The van der Waals surface area contributed by atoms with E-state index in [2.05, 4.69) is 11.9 Å². The molecule has 2 unspecified atom stereocenters. The van der Waals surface area contributed by atoms with Crippen molar-refractivity contribution in [3.8, 4) is 0 Å². The standard InChI is InChI=1S/C8H15NO.2C2H6/c1-9-3-2-7-5-10-6-8(7)4-9;2*1-2/h7-8H,2-6H2,1H3;2*1-2H3. The first-order chi connectivity index (χ1) is 6.86. The van der Waals surface area contributed by atoms with Crippen LogP contribution in [0.4, 0.5) is 0 Å². The van der Waals surface area contributed by atoms with Gasteiger partial charge in [0.05, 0.1) is 6.61 Å². The molecule has 2 nitrogen and oxygen atoms in total. The van der Waals surface area contributed by atoms with Crippen molar-refractivity contribution in [3.63, 3.8) is 0 Å². The highest BCUT2D eigenvalue weighted by atomic mass is 16.5. The summed E-state index contributed by atoms with van der Waals surface area (Å²) in [6.07, 6.45) is 1.35. The molecule has 86 valence electrons. The maximum Gasteiger partial charge on any atom is 0.0510 e. The van der Waals surface area contributed by atoms with Gasteiger partial charge in [0, 0.05) is 19.1 Å². The van der Waals surface area contributed by atoms with Crippen LogP contribution in [0.25, 0.3) is 0 Å². The number of likely N-dealkylation sites (tertiary alicyclic amines) is 1. The lowest BCUT2D eigenvalue weighted by molar-refractivity contribution is 0.173. The summed E-state index contributed by atoms with van der Waals surface area (Å²) in [5, 5.41) is 0. The second-order valence-electron chi connectivity index (χ2n) is 3.61. The van der Waals surface area contributed by atoms with Gasteiger partial charge in [-0.05, 0) is 25.9 Å². The Morgan fingerprint density at radius 2 is 1.57 bits per heavy atom. The monoisotopic (exact) mass is 201 g/mol. The van der Waals surface area contributed by atoms with Crippen molar-refractivity contribution in [2.45, 2.75) is 34.1 Å². The van der Waals surface area contributed by atoms with Crippen LogP contribution in [0.2, 0.25) is 0 Å². The van der Waals surface area contributed by atoms with Crippen molar-refractivity contribution in [1.82, 2.24) is 4.90 Å². The van der Waals surface area contributed by atoms with Gasteiger partial charge >= 0.3 is 0 Å². The zero-order chi connectivity index (χ0) is 11.0. The zero-order valence-electron chi connectivity index (χ0n) is 10.5. The number of fused-ring (bicyclic) bond motifs is 1. The molecular weight excluding hydrogens is 174 g/mol. The van der Waals surface area contributed by atoms with Crippen molar-refractivity contribution in [3.05, 3.63) is 0 Å². The third kappa shape index (κ3) is 3.97. The van der Waals surface area contributed by atoms with E-state index < -0.39 is 0 Å². The lowest BCUT2D eigenvalue weighted by Gasteiger charge is -2.30. The molecule has 2 aliphatic heterocycles. The molecule has 2 atom stereocenters. The molecule has 0 aromatic rings. The van der Waals surface area contributed by atoms with Gasteiger partial charge < -0.3 is 9.64 Å². The highest BCUT2D eigenvalue weighted by molar-refractivity contribution is 4.82. The fourth-order valence-electron chi connectivity index (χ4n) is 2.04. The SMILES string of the molecule is CC.CC.CN1CCC2COCC2C1. The van der Waals surface area contributed by atoms with Gasteiger partial charge in [-0.3, -0.25) is 0 Å². The Hall–Kier alpha value is -0.0800. The van der Waals surface area contributed by atoms with Crippen LogP contribution in [-0.2, 0) is 4.74 Å². The number of nitrogens with zero attached hydrogens (tertiary/aromatic N) is 1. The Morgan fingerprint density at radius 1 is 1.00 bits per heavy atom. The summed E-state index contributed by atoms with van der Waals surface area (Å²) >= 11 is 0. The molecule has 2 heteroatoms. The maximum atomic E-state index is 5.41. The van der Waals surface area contributed by atoms with Crippen molar-refractivity contribution < 1.29 is 4.74 Å². The molecular formula is C12H27NO. The van der Waals surface area contributed by atoms with Gasteiger partial charge in [-0.25, -0.2) is 0 Å². The second kappa shape index (κ2) is 8.25. The normalized spacial score (nSPS) is 30.6. The number of ether oxygens (including phenoxy) is 1. The van der Waals surface area contributed by atoms with E-state index in [0.29, 0.717) is 0 Å². The molecule has 0 saturated carbocycles. The Balaban J connectivity index is 0.000000379. The van der Waals surface area contributed by atoms with Crippen LogP contribution in [0, 0.1) is 11.8 Å². The molecule has 2 heterocycles. The first kappa shape index (κ1) is 13.9. The summed E-state index contributed by atoms with van der Waals surface area (Å²) in [6, 6.07) is 0. The molecule has 2 rings (SSSR count). The minimum atomic E-state index is 0.846. The number of hydrogen-bond donors (Lipinski definition) is 0. The molecule has 0 aromatic carbocycles. The molecule has 0 bridgehead atoms. The largest absolute Gasteiger partial charge is 0.381 e. The van der Waals surface area contributed by atoms with Crippen LogP contribution in [0.1, 0.15) is 34.1 Å². The third-order valence-corrected chi connectivity index (χ3v) is 2.76. The second-order valence-corrected chi connectivity index (χ2v) is 3.61. The highest BCUT2D eigenvalue weighted by Crippen LogP contribution is 2.28. The van der Waals surface area contributed by atoms with Gasteiger partial charge in [-0.2, -0.15) is 0 Å². The zero-order valence-corrected chi connectivity index (χ0v) is 10.5. The van der Waals surface area contributed by atoms with E-state index >= 15 is 0 Å². The van der Waals surface area contributed by atoms with E-state index in [1.165, 1.54) is 19.5 Å². The topological polar surface area (TPSA) is 12.5 Å². The Morgan fingerprint density at radius 3 is 2.21 bits per heavy atom. The lowest BCUT2D eigenvalue weighted by Crippen LogP contribution is -2.37. The van der Waals surface area contributed by atoms with Crippen molar-refractivity contribution >= 4 is 0 Å². The van der Waals surface area contributed by atoms with Gasteiger partial charge in [0.15, 0.2) is 0 Å². The van der Waals surface area contributed by atoms with E-state index in [1.54, 1.807) is 0 Å². The molecule has 0 spiro atoms. The Bertz CT molecular complexity index is 127. The van der Waals surface area contributed by atoms with Gasteiger partial charge in [0.1, 0.15) is 0 Å². The number of piperidine rings is 1. The van der Waals surface area contributed by atoms with Gasteiger partial charge in [-0.15, -0.1) is 0 Å². The third-order valence-electron chi connectivity index (χ3n) is 2.76. The molecule has 14 heavy (non-hydrogen) atoms. The molecule has 2 aliphatic rings. The van der Waals surface area contributed by atoms with Gasteiger partial charge in [0.25, 0.3) is 0 Å². The highest BCUT2D eigenvalue weighted by Gasteiger charge is 2.32. The van der Waals surface area contributed by atoms with Crippen LogP contribution in [0.5, 0.6) is 0 Å².